The SMILES string of the molecule is CCCOc1cc(Nc2ncccc2/C=C/C=C/C(=O)NC2CCC(=O)NC2=O)cc(OC)c1OC. The lowest BCUT2D eigenvalue weighted by atomic mass is 10.1. The summed E-state index contributed by atoms with van der Waals surface area (Å²) < 4.78 is 16.7. The number of ether oxygens (including phenoxy) is 3. The van der Waals surface area contributed by atoms with E-state index >= 15 is 0 Å². The molecule has 36 heavy (non-hydrogen) atoms. The van der Waals surface area contributed by atoms with Gasteiger partial charge in [-0.1, -0.05) is 25.2 Å². The molecular formula is C26H30N4O6. The molecular weight excluding hydrogens is 464 g/mol. The molecule has 1 unspecified atom stereocenters. The van der Waals surface area contributed by atoms with Gasteiger partial charge in [0, 0.05) is 42.1 Å². The topological polar surface area (TPSA) is 128 Å². The average Bonchev–Trinajstić information content (AvgIpc) is 2.87. The van der Waals surface area contributed by atoms with Gasteiger partial charge in [-0.15, -0.1) is 0 Å². The minimum atomic E-state index is -0.717. The van der Waals surface area contributed by atoms with Crippen molar-refractivity contribution in [1.29, 1.82) is 0 Å². The first kappa shape index (κ1) is 26.3. The van der Waals surface area contributed by atoms with E-state index in [1.165, 1.54) is 6.08 Å². The van der Waals surface area contributed by atoms with Crippen LogP contribution >= 0.6 is 0 Å². The Labute approximate surface area is 209 Å². The van der Waals surface area contributed by atoms with Crippen molar-refractivity contribution in [1.82, 2.24) is 15.6 Å². The third kappa shape index (κ3) is 7.08. The molecule has 1 fully saturated rings. The van der Waals surface area contributed by atoms with Crippen LogP contribution in [0.15, 0.2) is 48.7 Å². The summed E-state index contributed by atoms with van der Waals surface area (Å²) in [5.74, 6) is 0.923. The van der Waals surface area contributed by atoms with E-state index in [4.69, 9.17) is 14.2 Å². The summed E-state index contributed by atoms with van der Waals surface area (Å²) in [6.45, 7) is 2.55. The van der Waals surface area contributed by atoms with Gasteiger partial charge >= 0.3 is 0 Å². The molecule has 0 bridgehead atoms. The number of piperidine rings is 1. The van der Waals surface area contributed by atoms with E-state index in [-0.39, 0.29) is 18.7 Å². The number of amides is 3. The molecule has 1 aromatic heterocycles. The smallest absolute Gasteiger partial charge is 0.249 e. The highest BCUT2D eigenvalue weighted by Gasteiger charge is 2.27. The molecule has 0 spiro atoms. The van der Waals surface area contributed by atoms with Gasteiger partial charge in [0.05, 0.1) is 20.8 Å². The van der Waals surface area contributed by atoms with E-state index in [1.807, 2.05) is 19.1 Å². The summed E-state index contributed by atoms with van der Waals surface area (Å²) in [6.07, 6.45) is 9.35. The van der Waals surface area contributed by atoms with Gasteiger partial charge in [-0.25, -0.2) is 4.98 Å². The number of methoxy groups -OCH3 is 2. The minimum Gasteiger partial charge on any atom is -0.493 e. The molecule has 3 rings (SSSR count). The van der Waals surface area contributed by atoms with Crippen molar-refractivity contribution in [3.63, 3.8) is 0 Å². The maximum absolute atomic E-state index is 12.1. The monoisotopic (exact) mass is 494 g/mol. The number of nitrogens with one attached hydrogen (secondary N) is 3. The van der Waals surface area contributed by atoms with Crippen molar-refractivity contribution in [2.24, 2.45) is 0 Å². The number of anilines is 2. The lowest BCUT2D eigenvalue weighted by Gasteiger charge is -2.20. The molecule has 1 aliphatic heterocycles. The summed E-state index contributed by atoms with van der Waals surface area (Å²) in [5.41, 5.74) is 1.48. The van der Waals surface area contributed by atoms with Crippen LogP contribution in [0.5, 0.6) is 17.2 Å². The molecule has 1 atom stereocenters. The van der Waals surface area contributed by atoms with E-state index in [1.54, 1.807) is 50.8 Å². The molecule has 3 amide bonds. The molecule has 190 valence electrons. The van der Waals surface area contributed by atoms with E-state index < -0.39 is 17.9 Å². The zero-order valence-electron chi connectivity index (χ0n) is 20.5. The number of benzene rings is 1. The normalized spacial score (nSPS) is 15.6. The minimum absolute atomic E-state index is 0.198. The number of pyridine rings is 1. The van der Waals surface area contributed by atoms with Crippen LogP contribution in [0.25, 0.3) is 6.08 Å². The summed E-state index contributed by atoms with van der Waals surface area (Å²) in [7, 11) is 3.12. The second kappa shape index (κ2) is 12.9. The number of allylic oxidation sites excluding steroid dienone is 2. The standard InChI is InChI=1S/C26H30N4O6/c1-4-14-36-21-16-18(15-20(34-2)24(21)35-3)28-25-17(9-7-13-27-25)8-5-6-10-22(31)29-19-11-12-23(32)30-26(19)33/h5-10,13,15-16,19H,4,11-12,14H2,1-3H3,(H,27,28)(H,29,31)(H,30,32,33)/b8-5+,10-6+. The second-order valence-electron chi connectivity index (χ2n) is 7.86. The Bertz CT molecular complexity index is 1160. The van der Waals surface area contributed by atoms with Gasteiger partial charge in [-0.3, -0.25) is 19.7 Å². The number of rotatable bonds is 11. The summed E-state index contributed by atoms with van der Waals surface area (Å²) in [5, 5.41) is 8.07. The number of carbonyl (C=O) groups excluding carboxylic acids is 3. The van der Waals surface area contributed by atoms with Crippen LogP contribution in [0, 0.1) is 0 Å². The van der Waals surface area contributed by atoms with Crippen molar-refractivity contribution in [2.75, 3.05) is 26.1 Å². The van der Waals surface area contributed by atoms with Crippen molar-refractivity contribution in [3.05, 3.63) is 54.3 Å². The van der Waals surface area contributed by atoms with Gasteiger partial charge in [0.25, 0.3) is 0 Å². The number of nitrogens with zero attached hydrogens (tertiary/aromatic N) is 1. The fourth-order valence-electron chi connectivity index (χ4n) is 3.47. The molecule has 0 aliphatic carbocycles. The predicted octanol–water partition coefficient (Wildman–Crippen LogP) is 3.12. The molecule has 1 aromatic carbocycles. The Balaban J connectivity index is 1.70. The van der Waals surface area contributed by atoms with Crippen LogP contribution in [-0.2, 0) is 14.4 Å². The van der Waals surface area contributed by atoms with Crippen molar-refractivity contribution in [2.45, 2.75) is 32.2 Å². The van der Waals surface area contributed by atoms with E-state index in [0.717, 1.165) is 12.0 Å². The Morgan fingerprint density at radius 3 is 2.72 bits per heavy atom. The first-order valence-electron chi connectivity index (χ1n) is 11.5. The summed E-state index contributed by atoms with van der Waals surface area (Å²) in [6, 6.07) is 6.57. The first-order valence-corrected chi connectivity index (χ1v) is 11.5. The maximum atomic E-state index is 12.1. The lowest BCUT2D eigenvalue weighted by Crippen LogP contribution is -2.51. The Hall–Kier alpha value is -4.34. The summed E-state index contributed by atoms with van der Waals surface area (Å²) >= 11 is 0. The number of hydrogen-bond donors (Lipinski definition) is 3. The number of aromatic nitrogens is 1. The molecule has 10 heteroatoms. The zero-order chi connectivity index (χ0) is 25.9. The van der Waals surface area contributed by atoms with E-state index in [9.17, 15) is 14.4 Å². The van der Waals surface area contributed by atoms with Crippen LogP contribution in [0.1, 0.15) is 31.7 Å². The maximum Gasteiger partial charge on any atom is 0.249 e. The molecule has 10 nitrogen and oxygen atoms in total. The highest BCUT2D eigenvalue weighted by Crippen LogP contribution is 2.41. The Kier molecular flexibility index (Phi) is 9.44. The van der Waals surface area contributed by atoms with Gasteiger partial charge in [0.15, 0.2) is 11.5 Å². The molecule has 1 aliphatic rings. The van der Waals surface area contributed by atoms with Crippen LogP contribution in [0.3, 0.4) is 0 Å². The lowest BCUT2D eigenvalue weighted by molar-refractivity contribution is -0.136. The first-order chi connectivity index (χ1) is 17.4. The van der Waals surface area contributed by atoms with E-state index in [0.29, 0.717) is 35.4 Å². The van der Waals surface area contributed by atoms with Gasteiger partial charge in [0.1, 0.15) is 11.9 Å². The van der Waals surface area contributed by atoms with Gasteiger partial charge < -0.3 is 24.8 Å². The van der Waals surface area contributed by atoms with E-state index in [2.05, 4.69) is 20.9 Å². The largest absolute Gasteiger partial charge is 0.493 e. The highest BCUT2D eigenvalue weighted by atomic mass is 16.5. The van der Waals surface area contributed by atoms with Crippen molar-refractivity contribution < 1.29 is 28.6 Å². The van der Waals surface area contributed by atoms with Gasteiger partial charge in [0.2, 0.25) is 23.5 Å². The number of carbonyl (C=O) groups is 3. The van der Waals surface area contributed by atoms with Crippen LogP contribution in [-0.4, -0.2) is 49.6 Å². The molecule has 2 aromatic rings. The Morgan fingerprint density at radius 2 is 2.00 bits per heavy atom. The van der Waals surface area contributed by atoms with Crippen molar-refractivity contribution in [3.8, 4) is 17.2 Å². The fourth-order valence-corrected chi connectivity index (χ4v) is 3.47. The number of imide groups is 1. The quantitative estimate of drug-likeness (QED) is 0.247. The number of hydrogen-bond acceptors (Lipinski definition) is 8. The third-order valence-corrected chi connectivity index (χ3v) is 5.20. The molecule has 3 N–H and O–H groups in total. The van der Waals surface area contributed by atoms with Crippen LogP contribution < -0.4 is 30.2 Å². The average molecular weight is 495 g/mol. The second-order valence-corrected chi connectivity index (χ2v) is 7.86. The van der Waals surface area contributed by atoms with Crippen LogP contribution in [0.2, 0.25) is 0 Å². The third-order valence-electron chi connectivity index (χ3n) is 5.20. The fraction of sp³-hybridized carbons (Fsp3) is 0.308. The van der Waals surface area contributed by atoms with Crippen LogP contribution in [0.4, 0.5) is 11.5 Å². The van der Waals surface area contributed by atoms with Gasteiger partial charge in [-0.2, -0.15) is 0 Å². The molecule has 2 heterocycles. The summed E-state index contributed by atoms with van der Waals surface area (Å²) in [4.78, 5) is 39.5. The molecule has 0 saturated carbocycles. The highest BCUT2D eigenvalue weighted by molar-refractivity contribution is 6.02. The molecule has 0 radical (unpaired) electrons. The predicted molar refractivity (Wildman–Crippen MR) is 135 cm³/mol. The molecule has 1 saturated heterocycles. The van der Waals surface area contributed by atoms with Crippen molar-refractivity contribution >= 4 is 35.3 Å². The van der Waals surface area contributed by atoms with Gasteiger partial charge in [-0.05, 0) is 25.0 Å². The zero-order valence-corrected chi connectivity index (χ0v) is 20.5. The Morgan fingerprint density at radius 1 is 1.19 bits per heavy atom.